The summed E-state index contributed by atoms with van der Waals surface area (Å²) in [5.41, 5.74) is 4.82. The lowest BCUT2D eigenvalue weighted by Crippen LogP contribution is -3.13. The molecular weight excluding hydrogens is 332 g/mol. The predicted octanol–water partition coefficient (Wildman–Crippen LogP) is 1.53. The Morgan fingerprint density at radius 2 is 1.68 bits per heavy atom. The van der Waals surface area contributed by atoms with Crippen LogP contribution in [0.5, 0.6) is 0 Å². The molecule has 0 atom stereocenters. The molecule has 2 aromatic rings. The highest BCUT2D eigenvalue weighted by Gasteiger charge is 2.29. The van der Waals surface area contributed by atoms with Crippen LogP contribution in [0.15, 0.2) is 48.5 Å². The molecule has 3 rings (SSSR count). The first-order valence-corrected chi connectivity index (χ1v) is 10.5. The number of rotatable bonds is 5. The van der Waals surface area contributed by atoms with E-state index >= 15 is 0 Å². The van der Waals surface area contributed by atoms with Crippen molar-refractivity contribution in [2.75, 3.05) is 26.2 Å². The normalized spacial score (nSPS) is 16.9. The van der Waals surface area contributed by atoms with E-state index in [-0.39, 0.29) is 5.75 Å². The van der Waals surface area contributed by atoms with E-state index in [1.807, 2.05) is 30.3 Å². The van der Waals surface area contributed by atoms with Gasteiger partial charge in [0.1, 0.15) is 6.54 Å². The van der Waals surface area contributed by atoms with Crippen LogP contribution >= 0.6 is 0 Å². The Morgan fingerprint density at radius 3 is 2.36 bits per heavy atom. The zero-order chi connectivity index (χ0) is 17.9. The minimum Gasteiger partial charge on any atom is -0.329 e. The molecule has 0 aromatic heterocycles. The summed E-state index contributed by atoms with van der Waals surface area (Å²) in [6.45, 7) is 8.18. The van der Waals surface area contributed by atoms with Gasteiger partial charge in [-0.05, 0) is 25.0 Å². The van der Waals surface area contributed by atoms with Crippen molar-refractivity contribution < 1.29 is 13.3 Å². The molecule has 5 heteroatoms. The second-order valence-corrected chi connectivity index (χ2v) is 8.97. The maximum absolute atomic E-state index is 12.6. The molecule has 1 aliphatic heterocycles. The van der Waals surface area contributed by atoms with Crippen LogP contribution in [0.1, 0.15) is 22.3 Å². The summed E-state index contributed by atoms with van der Waals surface area (Å²) in [6, 6.07) is 16.0. The number of nitrogens with zero attached hydrogens (tertiary/aromatic N) is 1. The molecule has 134 valence electrons. The molecule has 1 fully saturated rings. The molecule has 1 aliphatic rings. The molecular formula is C20H27N2O2S+. The van der Waals surface area contributed by atoms with Crippen LogP contribution in [-0.4, -0.2) is 38.9 Å². The van der Waals surface area contributed by atoms with Gasteiger partial charge in [-0.15, -0.1) is 0 Å². The van der Waals surface area contributed by atoms with Gasteiger partial charge >= 0.3 is 0 Å². The van der Waals surface area contributed by atoms with Crippen LogP contribution in [0.2, 0.25) is 0 Å². The number of hydrogen-bond donors (Lipinski definition) is 1. The minimum atomic E-state index is -3.23. The smallest absolute Gasteiger partial charge is 0.218 e. The largest absolute Gasteiger partial charge is 0.329 e. The lowest BCUT2D eigenvalue weighted by molar-refractivity contribution is -0.917. The Hall–Kier alpha value is -1.69. The van der Waals surface area contributed by atoms with E-state index < -0.39 is 10.0 Å². The molecule has 1 heterocycles. The molecule has 25 heavy (non-hydrogen) atoms. The molecule has 0 amide bonds. The predicted molar refractivity (Wildman–Crippen MR) is 101 cm³/mol. The van der Waals surface area contributed by atoms with Crippen molar-refractivity contribution >= 4 is 10.0 Å². The van der Waals surface area contributed by atoms with Gasteiger partial charge in [0.2, 0.25) is 10.0 Å². The van der Waals surface area contributed by atoms with Gasteiger partial charge in [0.15, 0.2) is 0 Å². The standard InChI is InChI=1S/C20H26N2O2S/c1-17-8-9-18(2)20(14-17)15-21-10-12-22(13-11-21)25(23,24)16-19-6-4-3-5-7-19/h3-9,14H,10-13,15-16H2,1-2H3/p+1. The maximum Gasteiger partial charge on any atom is 0.218 e. The van der Waals surface area contributed by atoms with Crippen molar-refractivity contribution in [3.8, 4) is 0 Å². The molecule has 0 bridgehead atoms. The Morgan fingerprint density at radius 1 is 1.00 bits per heavy atom. The summed E-state index contributed by atoms with van der Waals surface area (Å²) in [7, 11) is -3.23. The van der Waals surface area contributed by atoms with E-state index in [9.17, 15) is 8.42 Å². The van der Waals surface area contributed by atoms with Crippen LogP contribution in [0.4, 0.5) is 0 Å². The van der Waals surface area contributed by atoms with Crippen LogP contribution in [0.25, 0.3) is 0 Å². The van der Waals surface area contributed by atoms with Crippen LogP contribution in [0.3, 0.4) is 0 Å². The van der Waals surface area contributed by atoms with Gasteiger partial charge < -0.3 is 4.90 Å². The maximum atomic E-state index is 12.6. The third kappa shape index (κ3) is 4.69. The highest BCUT2D eigenvalue weighted by atomic mass is 32.2. The lowest BCUT2D eigenvalue weighted by atomic mass is 10.1. The van der Waals surface area contributed by atoms with Crippen molar-refractivity contribution in [3.63, 3.8) is 0 Å². The van der Waals surface area contributed by atoms with Crippen LogP contribution in [-0.2, 0) is 22.3 Å². The average molecular weight is 360 g/mol. The van der Waals surface area contributed by atoms with Crippen molar-refractivity contribution in [2.24, 2.45) is 0 Å². The summed E-state index contributed by atoms with van der Waals surface area (Å²) < 4.78 is 26.9. The van der Waals surface area contributed by atoms with E-state index in [1.54, 1.807) is 4.31 Å². The summed E-state index contributed by atoms with van der Waals surface area (Å²) in [6.07, 6.45) is 0. The minimum absolute atomic E-state index is 0.0974. The molecule has 0 radical (unpaired) electrons. The van der Waals surface area contributed by atoms with Crippen molar-refractivity contribution in [1.82, 2.24) is 4.31 Å². The molecule has 1 saturated heterocycles. The van der Waals surface area contributed by atoms with Crippen molar-refractivity contribution in [1.29, 1.82) is 0 Å². The number of hydrogen-bond acceptors (Lipinski definition) is 2. The Labute approximate surface area is 151 Å². The quantitative estimate of drug-likeness (QED) is 0.880. The van der Waals surface area contributed by atoms with Crippen molar-refractivity contribution in [2.45, 2.75) is 26.1 Å². The zero-order valence-corrected chi connectivity index (χ0v) is 15.8. The van der Waals surface area contributed by atoms with E-state index in [4.69, 9.17) is 0 Å². The van der Waals surface area contributed by atoms with Gasteiger partial charge in [-0.3, -0.25) is 0 Å². The van der Waals surface area contributed by atoms with Crippen LogP contribution < -0.4 is 4.90 Å². The van der Waals surface area contributed by atoms with E-state index in [0.29, 0.717) is 13.1 Å². The lowest BCUT2D eigenvalue weighted by Gasteiger charge is -2.32. The summed E-state index contributed by atoms with van der Waals surface area (Å²) in [4.78, 5) is 1.46. The first-order valence-electron chi connectivity index (χ1n) is 8.85. The van der Waals surface area contributed by atoms with E-state index in [2.05, 4.69) is 32.0 Å². The Bertz CT molecular complexity index is 811. The monoisotopic (exact) mass is 359 g/mol. The van der Waals surface area contributed by atoms with Crippen molar-refractivity contribution in [3.05, 3.63) is 70.8 Å². The van der Waals surface area contributed by atoms with E-state index in [0.717, 1.165) is 25.2 Å². The number of quaternary nitrogens is 1. The molecule has 1 N–H and O–H groups in total. The van der Waals surface area contributed by atoms with E-state index in [1.165, 1.54) is 21.6 Å². The highest BCUT2D eigenvalue weighted by Crippen LogP contribution is 2.12. The number of benzene rings is 2. The van der Waals surface area contributed by atoms with Crippen LogP contribution in [0, 0.1) is 13.8 Å². The third-order valence-corrected chi connectivity index (χ3v) is 6.81. The third-order valence-electron chi connectivity index (χ3n) is 4.96. The Balaban J connectivity index is 1.59. The van der Waals surface area contributed by atoms with Gasteiger partial charge in [-0.25, -0.2) is 8.42 Å². The topological polar surface area (TPSA) is 41.8 Å². The summed E-state index contributed by atoms with van der Waals surface area (Å²) in [5, 5.41) is 0. The fourth-order valence-electron chi connectivity index (χ4n) is 3.39. The molecule has 0 spiro atoms. The SMILES string of the molecule is Cc1ccc(C)c(C[NH+]2CCN(S(=O)(=O)Cc3ccccc3)CC2)c1. The second-order valence-electron chi connectivity index (χ2n) is 7.00. The number of nitrogens with one attached hydrogen (secondary N) is 1. The first-order chi connectivity index (χ1) is 11.9. The molecule has 0 saturated carbocycles. The average Bonchev–Trinajstić information content (AvgIpc) is 2.59. The van der Waals surface area contributed by atoms with Gasteiger partial charge in [0.05, 0.1) is 31.9 Å². The highest BCUT2D eigenvalue weighted by molar-refractivity contribution is 7.88. The van der Waals surface area contributed by atoms with Gasteiger partial charge in [0, 0.05) is 5.56 Å². The van der Waals surface area contributed by atoms with Gasteiger partial charge in [-0.1, -0.05) is 54.1 Å². The molecule has 4 nitrogen and oxygen atoms in total. The van der Waals surface area contributed by atoms with Gasteiger partial charge in [0.25, 0.3) is 0 Å². The summed E-state index contributed by atoms with van der Waals surface area (Å²) in [5.74, 6) is 0.0974. The van der Waals surface area contributed by atoms with Gasteiger partial charge in [-0.2, -0.15) is 4.31 Å². The first kappa shape index (κ1) is 18.1. The second kappa shape index (κ2) is 7.68. The summed E-state index contributed by atoms with van der Waals surface area (Å²) >= 11 is 0. The fourth-order valence-corrected chi connectivity index (χ4v) is 4.93. The number of aryl methyl sites for hydroxylation is 2. The Kier molecular flexibility index (Phi) is 5.57. The molecule has 0 aliphatic carbocycles. The molecule has 2 aromatic carbocycles. The number of sulfonamides is 1. The zero-order valence-electron chi connectivity index (χ0n) is 15.0. The fraction of sp³-hybridized carbons (Fsp3) is 0.400. The molecule has 0 unspecified atom stereocenters. The number of piperazine rings is 1.